The lowest BCUT2D eigenvalue weighted by atomic mass is 9.72. The quantitative estimate of drug-likeness (QED) is 0.179. The van der Waals surface area contributed by atoms with Gasteiger partial charge in [-0.25, -0.2) is 0 Å². The van der Waals surface area contributed by atoms with Gasteiger partial charge in [-0.2, -0.15) is 0 Å². The van der Waals surface area contributed by atoms with Gasteiger partial charge < -0.3 is 30.5 Å². The van der Waals surface area contributed by atoms with Crippen LogP contribution in [0.2, 0.25) is 6.32 Å². The molecule has 0 saturated carbocycles. The molecule has 2 heterocycles. The molecule has 2 aliphatic rings. The minimum Gasteiger partial charge on any atom is -0.513 e. The Labute approximate surface area is 257 Å². The number of aryl methyl sites for hydroxylation is 1. The molecular weight excluding hydrogens is 544 g/mol. The maximum Gasteiger partial charge on any atom is 0.309 e. The van der Waals surface area contributed by atoms with E-state index in [-0.39, 0.29) is 24.5 Å². The summed E-state index contributed by atoms with van der Waals surface area (Å²) in [6.07, 6.45) is 4.13. The van der Waals surface area contributed by atoms with E-state index in [4.69, 9.17) is 9.76 Å². The molecule has 4 rings (SSSR count). The highest BCUT2D eigenvalue weighted by Gasteiger charge is 2.27. The summed E-state index contributed by atoms with van der Waals surface area (Å²) in [6.45, 7) is 13.8. The van der Waals surface area contributed by atoms with Gasteiger partial charge in [-0.15, -0.1) is 0 Å². The van der Waals surface area contributed by atoms with Crippen LogP contribution in [0.15, 0.2) is 48.7 Å². The molecule has 9 nitrogen and oxygen atoms in total. The standard InChI is InChI=1S/C20H28BN3O4.C8H7BO2.2C2H6/c1-12(26)4-7-16(11-25)24-20(28)18(22-3)13(2)23-19(27)15-6-5-14-8-9-21-17(14)10-15;10-4-6-1-2-7-5-11-9-8(7)3-6;2*1-2/h5-6,10-11,13,16,18,21-22,26H,1,4,7-9H2,2-3H3,(H,23,27)(H,24,28);1-4,9H,5H2;2*1-2H3. The van der Waals surface area contributed by atoms with Gasteiger partial charge in [-0.1, -0.05) is 82.0 Å². The molecule has 4 N–H and O–H groups in total. The summed E-state index contributed by atoms with van der Waals surface area (Å²) >= 11 is 0. The topological polar surface area (TPSA) is 134 Å². The molecule has 0 aliphatic carbocycles. The van der Waals surface area contributed by atoms with E-state index in [0.717, 1.165) is 37.3 Å². The van der Waals surface area contributed by atoms with Crippen LogP contribution in [0, 0.1) is 0 Å². The van der Waals surface area contributed by atoms with Gasteiger partial charge in [0.2, 0.25) is 5.91 Å². The molecule has 0 fully saturated rings. The third-order valence-corrected chi connectivity index (χ3v) is 6.93. The molecule has 232 valence electrons. The first-order valence-corrected chi connectivity index (χ1v) is 15.1. The monoisotopic (exact) mass is 591 g/mol. The highest BCUT2D eigenvalue weighted by Crippen LogP contribution is 2.11. The van der Waals surface area contributed by atoms with Gasteiger partial charge in [0, 0.05) is 17.5 Å². The molecule has 3 unspecified atom stereocenters. The smallest absolute Gasteiger partial charge is 0.309 e. The third-order valence-electron chi connectivity index (χ3n) is 6.93. The molecule has 0 bridgehead atoms. The number of amides is 2. The van der Waals surface area contributed by atoms with E-state index in [1.807, 2.05) is 64.1 Å². The van der Waals surface area contributed by atoms with E-state index in [9.17, 15) is 19.2 Å². The van der Waals surface area contributed by atoms with Crippen LogP contribution in [-0.4, -0.2) is 69.4 Å². The zero-order chi connectivity index (χ0) is 32.4. The van der Waals surface area contributed by atoms with Crippen molar-refractivity contribution in [3.05, 3.63) is 71.0 Å². The number of aliphatic hydroxyl groups is 1. The molecule has 43 heavy (non-hydrogen) atoms. The number of fused-ring (bicyclic) bond motifs is 2. The average molecular weight is 591 g/mol. The number of aldehydes is 2. The highest BCUT2D eigenvalue weighted by molar-refractivity contribution is 6.55. The van der Waals surface area contributed by atoms with Gasteiger partial charge in [0.1, 0.15) is 18.6 Å². The van der Waals surface area contributed by atoms with Crippen molar-refractivity contribution in [3.8, 4) is 0 Å². The van der Waals surface area contributed by atoms with E-state index < -0.39 is 24.0 Å². The molecule has 2 aliphatic heterocycles. The predicted octanol–water partition coefficient (Wildman–Crippen LogP) is 2.02. The van der Waals surface area contributed by atoms with E-state index in [1.165, 1.54) is 16.6 Å². The fourth-order valence-corrected chi connectivity index (χ4v) is 4.73. The predicted molar refractivity (Wildman–Crippen MR) is 177 cm³/mol. The van der Waals surface area contributed by atoms with Crippen molar-refractivity contribution in [3.63, 3.8) is 0 Å². The van der Waals surface area contributed by atoms with E-state index in [2.05, 4.69) is 22.5 Å². The van der Waals surface area contributed by atoms with Crippen LogP contribution < -0.4 is 26.9 Å². The van der Waals surface area contributed by atoms with Crippen molar-refractivity contribution >= 4 is 50.1 Å². The van der Waals surface area contributed by atoms with Crippen molar-refractivity contribution < 1.29 is 28.9 Å². The fraction of sp³-hybridized carbons (Fsp3) is 0.438. The van der Waals surface area contributed by atoms with Gasteiger partial charge in [-0.3, -0.25) is 14.4 Å². The second-order valence-electron chi connectivity index (χ2n) is 9.86. The Balaban J connectivity index is 0.000000507. The van der Waals surface area contributed by atoms with Crippen LogP contribution in [0.4, 0.5) is 0 Å². The van der Waals surface area contributed by atoms with Gasteiger partial charge >= 0.3 is 7.48 Å². The number of likely N-dealkylation sites (N-methyl/N-ethyl adjacent to an activating group) is 1. The van der Waals surface area contributed by atoms with Crippen LogP contribution in [0.5, 0.6) is 0 Å². The lowest BCUT2D eigenvalue weighted by molar-refractivity contribution is -0.126. The van der Waals surface area contributed by atoms with Gasteiger partial charge in [-0.05, 0) is 43.9 Å². The number of carbonyl (C=O) groups excluding carboxylic acids is 4. The van der Waals surface area contributed by atoms with E-state index in [1.54, 1.807) is 14.0 Å². The first kappa shape index (κ1) is 37.3. The van der Waals surface area contributed by atoms with E-state index in [0.29, 0.717) is 25.9 Å². The maximum absolute atomic E-state index is 12.6. The number of aliphatic hydroxyl groups excluding tert-OH is 1. The molecule has 2 amide bonds. The largest absolute Gasteiger partial charge is 0.513 e. The third kappa shape index (κ3) is 11.8. The Kier molecular flexibility index (Phi) is 17.6. The van der Waals surface area contributed by atoms with Gasteiger partial charge in [0.05, 0.1) is 24.4 Å². The fourth-order valence-electron chi connectivity index (χ4n) is 4.73. The van der Waals surface area contributed by atoms with Crippen LogP contribution >= 0.6 is 0 Å². The Bertz CT molecular complexity index is 1220. The Morgan fingerprint density at radius 3 is 2.37 bits per heavy atom. The normalized spacial score (nSPS) is 13.9. The number of allylic oxidation sites excluding steroid dienone is 1. The minimum atomic E-state index is -0.730. The van der Waals surface area contributed by atoms with Crippen LogP contribution in [0.25, 0.3) is 0 Å². The molecular formula is C32H47B2N3O6. The van der Waals surface area contributed by atoms with Crippen molar-refractivity contribution in [2.75, 3.05) is 7.05 Å². The molecule has 0 radical (unpaired) electrons. The zero-order valence-corrected chi connectivity index (χ0v) is 26.5. The number of carbonyl (C=O) groups is 4. The lowest BCUT2D eigenvalue weighted by Crippen LogP contribution is -2.56. The summed E-state index contributed by atoms with van der Waals surface area (Å²) in [7, 11) is 3.26. The molecule has 0 saturated heterocycles. The summed E-state index contributed by atoms with van der Waals surface area (Å²) in [5, 5.41) is 17.5. The SMILES string of the molecule is C=C(O)CCC(C=O)NC(=O)C(NC)C(C)NC(=O)c1ccc2c(c1)BCC2.CC.CC.O=Cc1ccc2c(c1)BOC2. The average Bonchev–Trinajstić information content (AvgIpc) is 3.70. The molecule has 0 spiro atoms. The summed E-state index contributed by atoms with van der Waals surface area (Å²) in [5.41, 5.74) is 6.17. The summed E-state index contributed by atoms with van der Waals surface area (Å²) in [4.78, 5) is 46.7. The molecule has 0 aromatic heterocycles. The summed E-state index contributed by atoms with van der Waals surface area (Å²) in [6, 6.07) is 9.44. The molecule has 3 atom stereocenters. The van der Waals surface area contributed by atoms with Gasteiger partial charge in [0.15, 0.2) is 7.28 Å². The number of rotatable bonds is 11. The summed E-state index contributed by atoms with van der Waals surface area (Å²) in [5.74, 6) is -0.676. The second kappa shape index (κ2) is 20.3. The number of hydrogen-bond acceptors (Lipinski definition) is 7. The Morgan fingerprint density at radius 1 is 1.05 bits per heavy atom. The number of hydrogen-bond donors (Lipinski definition) is 4. The van der Waals surface area contributed by atoms with Crippen LogP contribution in [0.1, 0.15) is 79.3 Å². The second-order valence-corrected chi connectivity index (χ2v) is 9.86. The number of benzene rings is 2. The van der Waals surface area contributed by atoms with Crippen LogP contribution in [0.3, 0.4) is 0 Å². The summed E-state index contributed by atoms with van der Waals surface area (Å²) < 4.78 is 5.20. The van der Waals surface area contributed by atoms with E-state index >= 15 is 0 Å². The Morgan fingerprint density at radius 2 is 1.74 bits per heavy atom. The van der Waals surface area contributed by atoms with Gasteiger partial charge in [0.25, 0.3) is 5.91 Å². The van der Waals surface area contributed by atoms with Crippen molar-refractivity contribution in [2.24, 2.45) is 0 Å². The highest BCUT2D eigenvalue weighted by atomic mass is 16.4. The maximum atomic E-state index is 12.6. The first-order chi connectivity index (χ1) is 20.7. The first-order valence-electron chi connectivity index (χ1n) is 15.1. The van der Waals surface area contributed by atoms with Crippen LogP contribution in [-0.2, 0) is 27.3 Å². The molecule has 2 aromatic carbocycles. The van der Waals surface area contributed by atoms with Crippen molar-refractivity contribution in [2.45, 2.75) is 84.9 Å². The van der Waals surface area contributed by atoms with Crippen molar-refractivity contribution in [1.29, 1.82) is 0 Å². The lowest BCUT2D eigenvalue weighted by Gasteiger charge is -2.25. The zero-order valence-electron chi connectivity index (χ0n) is 26.5. The number of nitrogens with one attached hydrogen (secondary N) is 3. The molecule has 11 heteroatoms. The minimum absolute atomic E-state index is 0.0405. The van der Waals surface area contributed by atoms with Crippen molar-refractivity contribution in [1.82, 2.24) is 16.0 Å². The Hall–Kier alpha value is -3.69. The molecule has 2 aromatic rings.